The second-order valence-corrected chi connectivity index (χ2v) is 8.75. The van der Waals surface area contributed by atoms with Crippen molar-refractivity contribution in [3.63, 3.8) is 0 Å². The molecule has 0 unspecified atom stereocenters. The fraction of sp³-hybridized carbons (Fsp3) is 0.600. The normalized spacial score (nSPS) is 15.2. The maximum Gasteiger partial charge on any atom is 0.263 e. The quantitative estimate of drug-likeness (QED) is 0.793. The summed E-state index contributed by atoms with van der Waals surface area (Å²) in [5, 5.41) is 3.21. The van der Waals surface area contributed by atoms with Crippen LogP contribution in [-0.2, 0) is 10.0 Å². The highest BCUT2D eigenvalue weighted by Gasteiger charge is 2.21. The Labute approximate surface area is 141 Å². The number of thiazole rings is 1. The highest BCUT2D eigenvalue weighted by Crippen LogP contribution is 2.26. The average Bonchev–Trinajstić information content (AvgIpc) is 2.88. The molecule has 1 aliphatic carbocycles. The molecule has 1 N–H and O–H groups in total. The number of hydrogen-bond donors (Lipinski definition) is 1. The van der Waals surface area contributed by atoms with E-state index in [2.05, 4.69) is 16.4 Å². The lowest BCUT2D eigenvalue weighted by molar-refractivity contribution is 0.0957. The van der Waals surface area contributed by atoms with E-state index in [1.54, 1.807) is 6.92 Å². The molecule has 0 spiro atoms. The lowest BCUT2D eigenvalue weighted by Gasteiger charge is -2.12. The predicted octanol–water partition coefficient (Wildman–Crippen LogP) is 2.47. The van der Waals surface area contributed by atoms with Crippen LogP contribution in [-0.4, -0.2) is 39.2 Å². The van der Waals surface area contributed by atoms with E-state index in [4.69, 9.17) is 0 Å². The number of hydrogen-bond acceptors (Lipinski definition) is 5. The highest BCUT2D eigenvalue weighted by molar-refractivity contribution is 7.92. The van der Waals surface area contributed by atoms with Crippen molar-refractivity contribution in [1.82, 2.24) is 10.3 Å². The first-order valence-corrected chi connectivity index (χ1v) is 10.3. The lowest BCUT2D eigenvalue weighted by atomic mass is 9.97. The molecule has 0 fully saturated rings. The molecule has 0 saturated carbocycles. The number of nitrogens with one attached hydrogen (secondary N) is 1. The number of aromatic nitrogens is 1. The molecule has 1 heterocycles. The first-order valence-electron chi connectivity index (χ1n) is 7.66. The highest BCUT2D eigenvalue weighted by atomic mass is 32.2. The number of carbonyl (C=O) groups is 1. The number of amides is 1. The number of carbonyl (C=O) groups excluding carboxylic acids is 1. The van der Waals surface area contributed by atoms with Gasteiger partial charge in [0, 0.05) is 13.6 Å². The van der Waals surface area contributed by atoms with Gasteiger partial charge in [0.25, 0.3) is 5.91 Å². The Hall–Kier alpha value is -1.41. The molecule has 2 rings (SSSR count). The summed E-state index contributed by atoms with van der Waals surface area (Å²) >= 11 is 1.10. The Morgan fingerprint density at radius 3 is 2.78 bits per heavy atom. The minimum absolute atomic E-state index is 0.190. The van der Waals surface area contributed by atoms with Gasteiger partial charge in [-0.1, -0.05) is 23.0 Å². The molecule has 8 heteroatoms. The van der Waals surface area contributed by atoms with Gasteiger partial charge in [-0.3, -0.25) is 4.79 Å². The number of allylic oxidation sites excluding steroid dienone is 1. The monoisotopic (exact) mass is 357 g/mol. The molecule has 1 amide bonds. The molecule has 0 aliphatic heterocycles. The molecule has 0 aromatic carbocycles. The zero-order valence-corrected chi connectivity index (χ0v) is 15.4. The molecular formula is C15H23N3O3S2. The van der Waals surface area contributed by atoms with Gasteiger partial charge in [-0.2, -0.15) is 0 Å². The molecular weight excluding hydrogens is 334 g/mol. The van der Waals surface area contributed by atoms with Gasteiger partial charge in [0.15, 0.2) is 5.13 Å². The van der Waals surface area contributed by atoms with Crippen LogP contribution in [0.3, 0.4) is 0 Å². The van der Waals surface area contributed by atoms with Crippen molar-refractivity contribution >= 4 is 32.4 Å². The summed E-state index contributed by atoms with van der Waals surface area (Å²) in [4.78, 5) is 16.9. The number of sulfonamides is 1. The molecule has 23 heavy (non-hydrogen) atoms. The van der Waals surface area contributed by atoms with Crippen LogP contribution in [0, 0.1) is 6.92 Å². The summed E-state index contributed by atoms with van der Waals surface area (Å²) in [6.45, 7) is 2.31. The summed E-state index contributed by atoms with van der Waals surface area (Å²) < 4.78 is 24.2. The second-order valence-electron chi connectivity index (χ2n) is 5.76. The number of nitrogens with zero attached hydrogens (tertiary/aromatic N) is 2. The molecule has 0 atom stereocenters. The van der Waals surface area contributed by atoms with Gasteiger partial charge in [-0.15, -0.1) is 0 Å². The van der Waals surface area contributed by atoms with Crippen LogP contribution >= 0.6 is 11.3 Å². The van der Waals surface area contributed by atoms with E-state index in [9.17, 15) is 13.2 Å². The van der Waals surface area contributed by atoms with Crippen molar-refractivity contribution in [2.75, 3.05) is 24.2 Å². The lowest BCUT2D eigenvalue weighted by Crippen LogP contribution is -2.25. The van der Waals surface area contributed by atoms with Crippen molar-refractivity contribution in [1.29, 1.82) is 0 Å². The number of rotatable bonds is 6. The van der Waals surface area contributed by atoms with E-state index < -0.39 is 10.0 Å². The summed E-state index contributed by atoms with van der Waals surface area (Å²) in [6, 6.07) is 0. The van der Waals surface area contributed by atoms with Crippen molar-refractivity contribution in [3.05, 3.63) is 22.2 Å². The first-order chi connectivity index (χ1) is 10.8. The van der Waals surface area contributed by atoms with Crippen molar-refractivity contribution in [3.8, 4) is 0 Å². The predicted molar refractivity (Wildman–Crippen MR) is 93.6 cm³/mol. The van der Waals surface area contributed by atoms with Crippen LogP contribution < -0.4 is 9.62 Å². The van der Waals surface area contributed by atoms with Gasteiger partial charge in [0.05, 0.1) is 11.9 Å². The van der Waals surface area contributed by atoms with Gasteiger partial charge < -0.3 is 5.32 Å². The molecule has 0 bridgehead atoms. The van der Waals surface area contributed by atoms with Crippen LogP contribution in [0.5, 0.6) is 0 Å². The molecule has 1 aliphatic rings. The van der Waals surface area contributed by atoms with Crippen LogP contribution in [0.15, 0.2) is 11.6 Å². The smallest absolute Gasteiger partial charge is 0.263 e. The Morgan fingerprint density at radius 2 is 2.17 bits per heavy atom. The minimum atomic E-state index is -3.37. The Kier molecular flexibility index (Phi) is 5.80. The summed E-state index contributed by atoms with van der Waals surface area (Å²) in [6.07, 6.45) is 9.01. The Balaban J connectivity index is 1.97. The van der Waals surface area contributed by atoms with E-state index in [-0.39, 0.29) is 5.91 Å². The fourth-order valence-corrected chi connectivity index (χ4v) is 4.11. The van der Waals surface area contributed by atoms with Crippen molar-refractivity contribution in [2.24, 2.45) is 0 Å². The van der Waals surface area contributed by atoms with Crippen molar-refractivity contribution < 1.29 is 13.2 Å². The van der Waals surface area contributed by atoms with E-state index in [0.29, 0.717) is 22.2 Å². The third-order valence-corrected chi connectivity index (χ3v) is 6.39. The van der Waals surface area contributed by atoms with Crippen LogP contribution in [0.25, 0.3) is 0 Å². The summed E-state index contributed by atoms with van der Waals surface area (Å²) in [5.41, 5.74) is 1.96. The van der Waals surface area contributed by atoms with Gasteiger partial charge in [-0.25, -0.2) is 17.7 Å². The third-order valence-electron chi connectivity index (χ3n) is 3.88. The Bertz CT molecular complexity index is 708. The van der Waals surface area contributed by atoms with Gasteiger partial charge in [0.1, 0.15) is 4.88 Å². The topological polar surface area (TPSA) is 79.4 Å². The second kappa shape index (κ2) is 7.44. The van der Waals surface area contributed by atoms with Gasteiger partial charge in [-0.05, 0) is 39.0 Å². The number of aryl methyl sites for hydroxylation is 1. The first kappa shape index (κ1) is 17.9. The third kappa shape index (κ3) is 4.78. The average molecular weight is 358 g/mol. The summed E-state index contributed by atoms with van der Waals surface area (Å²) in [7, 11) is -1.94. The van der Waals surface area contributed by atoms with Crippen LogP contribution in [0.1, 0.15) is 47.5 Å². The van der Waals surface area contributed by atoms with Gasteiger partial charge >= 0.3 is 0 Å². The van der Waals surface area contributed by atoms with E-state index >= 15 is 0 Å². The molecule has 128 valence electrons. The largest absolute Gasteiger partial charge is 0.351 e. The van der Waals surface area contributed by atoms with E-state index in [1.165, 1.54) is 25.5 Å². The van der Waals surface area contributed by atoms with E-state index in [0.717, 1.165) is 41.2 Å². The van der Waals surface area contributed by atoms with Crippen LogP contribution in [0.4, 0.5) is 5.13 Å². The molecule has 0 saturated heterocycles. The molecule has 0 radical (unpaired) electrons. The SMILES string of the molecule is Cc1nc(N(C)S(C)(=O)=O)sc1C(=O)NCCC1=CCCCC1. The zero-order chi connectivity index (χ0) is 17.0. The van der Waals surface area contributed by atoms with Crippen LogP contribution in [0.2, 0.25) is 0 Å². The summed E-state index contributed by atoms with van der Waals surface area (Å²) in [5.74, 6) is -0.190. The maximum atomic E-state index is 12.3. The Morgan fingerprint density at radius 1 is 1.43 bits per heavy atom. The minimum Gasteiger partial charge on any atom is -0.351 e. The van der Waals surface area contributed by atoms with E-state index in [1.807, 2.05) is 0 Å². The zero-order valence-electron chi connectivity index (χ0n) is 13.8. The molecule has 6 nitrogen and oxygen atoms in total. The standard InChI is InChI=1S/C15H23N3O3S2/c1-11-13(22-15(17-11)18(2)23(3,20)21)14(19)16-10-9-12-7-5-4-6-8-12/h7H,4-6,8-10H2,1-3H3,(H,16,19). The van der Waals surface area contributed by atoms with Gasteiger partial charge in [0.2, 0.25) is 10.0 Å². The molecule has 1 aromatic rings. The maximum absolute atomic E-state index is 12.3. The van der Waals surface area contributed by atoms with Crippen molar-refractivity contribution in [2.45, 2.75) is 39.0 Å². The number of anilines is 1. The molecule has 1 aromatic heterocycles. The fourth-order valence-electron chi connectivity index (χ4n) is 2.42.